The van der Waals surface area contributed by atoms with Gasteiger partial charge in [0.05, 0.1) is 30.9 Å². The summed E-state index contributed by atoms with van der Waals surface area (Å²) in [5.74, 6) is 4.30. The smallest absolute Gasteiger partial charge is 0.388 e. The van der Waals surface area contributed by atoms with Gasteiger partial charge in [0.25, 0.3) is 5.91 Å². The van der Waals surface area contributed by atoms with E-state index >= 15 is 0 Å². The molecule has 0 aliphatic carbocycles. The molecule has 0 radical (unpaired) electrons. The Bertz CT molecular complexity index is 997. The topological polar surface area (TPSA) is 77.8 Å². The SMILES string of the molecule is O=Cc1cc(C#CC(=O)N2C[C@@H](O)[C@@H](O)C2)ccc1-c1ccccc1C(F)(F)F. The van der Waals surface area contributed by atoms with Crippen LogP contribution in [0.15, 0.2) is 42.5 Å². The second-order valence-corrected chi connectivity index (χ2v) is 6.56. The Kier molecular flexibility index (Phi) is 5.73. The number of rotatable bonds is 2. The maximum atomic E-state index is 13.3. The molecule has 2 N–H and O–H groups in total. The Hall–Kier alpha value is -3.15. The Morgan fingerprint density at radius 3 is 2.34 bits per heavy atom. The van der Waals surface area contributed by atoms with Crippen molar-refractivity contribution in [1.82, 2.24) is 4.90 Å². The van der Waals surface area contributed by atoms with Crippen LogP contribution in [-0.4, -0.2) is 52.6 Å². The molecule has 2 aromatic carbocycles. The van der Waals surface area contributed by atoms with Gasteiger partial charge < -0.3 is 15.1 Å². The lowest BCUT2D eigenvalue weighted by Crippen LogP contribution is -2.28. The zero-order valence-electron chi connectivity index (χ0n) is 15.0. The Balaban J connectivity index is 1.90. The molecule has 1 aliphatic rings. The number of halogens is 3. The van der Waals surface area contributed by atoms with E-state index in [1.54, 1.807) is 0 Å². The third-order valence-electron chi connectivity index (χ3n) is 4.56. The van der Waals surface area contributed by atoms with E-state index in [1.165, 1.54) is 41.3 Å². The summed E-state index contributed by atoms with van der Waals surface area (Å²) in [5, 5.41) is 19.0. The summed E-state index contributed by atoms with van der Waals surface area (Å²) in [6.45, 7) is -0.0805. The Labute approximate surface area is 164 Å². The maximum absolute atomic E-state index is 13.3. The van der Waals surface area contributed by atoms with Crippen molar-refractivity contribution in [2.45, 2.75) is 18.4 Å². The highest BCUT2D eigenvalue weighted by molar-refractivity contribution is 5.95. The van der Waals surface area contributed by atoms with E-state index in [0.29, 0.717) is 6.29 Å². The van der Waals surface area contributed by atoms with Crippen molar-refractivity contribution in [3.8, 4) is 23.0 Å². The minimum atomic E-state index is -4.58. The predicted molar refractivity (Wildman–Crippen MR) is 97.7 cm³/mol. The number of carbonyl (C=O) groups excluding carboxylic acids is 2. The molecule has 1 saturated heterocycles. The number of aldehydes is 1. The van der Waals surface area contributed by atoms with Crippen LogP contribution >= 0.6 is 0 Å². The van der Waals surface area contributed by atoms with E-state index < -0.39 is 29.9 Å². The lowest BCUT2D eigenvalue weighted by molar-refractivity contribution is -0.137. The Morgan fingerprint density at radius 2 is 1.72 bits per heavy atom. The van der Waals surface area contributed by atoms with Crippen molar-refractivity contribution in [3.05, 3.63) is 59.2 Å². The quantitative estimate of drug-likeness (QED) is 0.595. The summed E-state index contributed by atoms with van der Waals surface area (Å²) in [6.07, 6.45) is -6.21. The molecule has 150 valence electrons. The molecule has 3 rings (SSSR count). The monoisotopic (exact) mass is 403 g/mol. The summed E-state index contributed by atoms with van der Waals surface area (Å²) in [7, 11) is 0. The molecule has 0 spiro atoms. The van der Waals surface area contributed by atoms with Gasteiger partial charge in [0, 0.05) is 17.0 Å². The van der Waals surface area contributed by atoms with Crippen LogP contribution in [0.1, 0.15) is 21.5 Å². The van der Waals surface area contributed by atoms with Crippen LogP contribution in [0.25, 0.3) is 11.1 Å². The zero-order valence-corrected chi connectivity index (χ0v) is 15.0. The van der Waals surface area contributed by atoms with Gasteiger partial charge in [-0.2, -0.15) is 13.2 Å². The van der Waals surface area contributed by atoms with Gasteiger partial charge in [0.15, 0.2) is 6.29 Å². The fourth-order valence-electron chi connectivity index (χ4n) is 3.09. The minimum Gasteiger partial charge on any atom is -0.388 e. The van der Waals surface area contributed by atoms with E-state index in [-0.39, 0.29) is 35.3 Å². The largest absolute Gasteiger partial charge is 0.417 e. The van der Waals surface area contributed by atoms with Gasteiger partial charge >= 0.3 is 6.18 Å². The number of alkyl halides is 3. The zero-order chi connectivity index (χ0) is 21.2. The maximum Gasteiger partial charge on any atom is 0.417 e. The number of likely N-dealkylation sites (tertiary alicyclic amines) is 1. The number of aliphatic hydroxyl groups excluding tert-OH is 2. The van der Waals surface area contributed by atoms with Crippen molar-refractivity contribution in [2.75, 3.05) is 13.1 Å². The summed E-state index contributed by atoms with van der Waals surface area (Å²) in [5.41, 5.74) is -0.599. The second kappa shape index (κ2) is 8.07. The van der Waals surface area contributed by atoms with Crippen molar-refractivity contribution in [3.63, 3.8) is 0 Å². The van der Waals surface area contributed by atoms with Gasteiger partial charge in [-0.15, -0.1) is 0 Å². The molecule has 0 aromatic heterocycles. The van der Waals surface area contributed by atoms with Crippen LogP contribution < -0.4 is 0 Å². The van der Waals surface area contributed by atoms with Crippen LogP contribution in [-0.2, 0) is 11.0 Å². The number of carbonyl (C=O) groups is 2. The van der Waals surface area contributed by atoms with Gasteiger partial charge in [-0.3, -0.25) is 9.59 Å². The molecule has 8 heteroatoms. The molecule has 0 bridgehead atoms. The first-order chi connectivity index (χ1) is 13.7. The summed E-state index contributed by atoms with van der Waals surface area (Å²) in [4.78, 5) is 24.7. The standard InChI is InChI=1S/C21H16F3NO4/c22-21(23,24)17-4-2-1-3-16(17)15-7-5-13(9-14(15)12-26)6-8-20(29)25-10-18(27)19(28)11-25/h1-5,7,9,12,18-19,27-28H,10-11H2/t18-,19+. The first-order valence-corrected chi connectivity index (χ1v) is 8.63. The van der Waals surface area contributed by atoms with Gasteiger partial charge in [0.2, 0.25) is 0 Å². The molecule has 2 aromatic rings. The fraction of sp³-hybridized carbons (Fsp3) is 0.238. The molecule has 1 heterocycles. The number of β-amino-alcohol motifs (C(OH)–C–C–N with tert-alkyl or cyclic N) is 2. The van der Waals surface area contributed by atoms with Gasteiger partial charge in [0.1, 0.15) is 0 Å². The third-order valence-corrected chi connectivity index (χ3v) is 4.56. The number of aliphatic hydroxyl groups is 2. The molecule has 0 unspecified atom stereocenters. The van der Waals surface area contributed by atoms with Crippen LogP contribution in [0, 0.1) is 11.8 Å². The highest BCUT2D eigenvalue weighted by Gasteiger charge is 2.34. The van der Waals surface area contributed by atoms with E-state index in [1.807, 2.05) is 0 Å². The van der Waals surface area contributed by atoms with Crippen molar-refractivity contribution in [1.29, 1.82) is 0 Å². The normalized spacial score (nSPS) is 18.9. The molecule has 1 amide bonds. The molecule has 2 atom stereocenters. The van der Waals surface area contributed by atoms with E-state index in [0.717, 1.165) is 6.07 Å². The molecule has 1 fully saturated rings. The first kappa shape index (κ1) is 20.6. The molecule has 29 heavy (non-hydrogen) atoms. The van der Waals surface area contributed by atoms with E-state index in [2.05, 4.69) is 11.8 Å². The van der Waals surface area contributed by atoms with Crippen molar-refractivity contribution >= 4 is 12.2 Å². The predicted octanol–water partition coefficient (Wildman–Crippen LogP) is 2.10. The van der Waals surface area contributed by atoms with Crippen molar-refractivity contribution in [2.24, 2.45) is 0 Å². The average Bonchev–Trinajstić information content (AvgIpc) is 3.04. The summed E-state index contributed by atoms with van der Waals surface area (Å²) >= 11 is 0. The average molecular weight is 403 g/mol. The van der Waals surface area contributed by atoms with Gasteiger partial charge in [-0.1, -0.05) is 30.2 Å². The van der Waals surface area contributed by atoms with Crippen LogP contribution in [0.3, 0.4) is 0 Å². The lowest BCUT2D eigenvalue weighted by Gasteiger charge is -2.14. The summed E-state index contributed by atoms with van der Waals surface area (Å²) in [6, 6.07) is 9.02. The molecular formula is C21H16F3NO4. The number of hydrogen-bond donors (Lipinski definition) is 2. The molecule has 0 saturated carbocycles. The highest BCUT2D eigenvalue weighted by Crippen LogP contribution is 2.37. The number of nitrogens with zero attached hydrogens (tertiary/aromatic N) is 1. The molecular weight excluding hydrogens is 387 g/mol. The van der Waals surface area contributed by atoms with Crippen molar-refractivity contribution < 1.29 is 33.0 Å². The number of amides is 1. The third kappa shape index (κ3) is 4.47. The highest BCUT2D eigenvalue weighted by atomic mass is 19.4. The minimum absolute atomic E-state index is 0.00738. The van der Waals surface area contributed by atoms with E-state index in [9.17, 15) is 33.0 Å². The van der Waals surface area contributed by atoms with Gasteiger partial charge in [-0.05, 0) is 29.3 Å². The van der Waals surface area contributed by atoms with Gasteiger partial charge in [-0.25, -0.2) is 0 Å². The van der Waals surface area contributed by atoms with Crippen LogP contribution in [0.5, 0.6) is 0 Å². The van der Waals surface area contributed by atoms with E-state index in [4.69, 9.17) is 0 Å². The Morgan fingerprint density at radius 1 is 1.07 bits per heavy atom. The number of hydrogen-bond acceptors (Lipinski definition) is 4. The lowest BCUT2D eigenvalue weighted by atomic mass is 9.94. The fourth-order valence-corrected chi connectivity index (χ4v) is 3.09. The summed E-state index contributed by atoms with van der Waals surface area (Å²) < 4.78 is 39.8. The number of benzene rings is 2. The second-order valence-electron chi connectivity index (χ2n) is 6.56. The first-order valence-electron chi connectivity index (χ1n) is 8.63. The molecule has 1 aliphatic heterocycles. The molecule has 5 nitrogen and oxygen atoms in total. The van der Waals surface area contributed by atoms with Crippen LogP contribution in [0.2, 0.25) is 0 Å². The van der Waals surface area contributed by atoms with Crippen LogP contribution in [0.4, 0.5) is 13.2 Å².